The van der Waals surface area contributed by atoms with Gasteiger partial charge in [-0.15, -0.1) is 0 Å². The van der Waals surface area contributed by atoms with Gasteiger partial charge in [-0.3, -0.25) is 0 Å². The molecule has 0 aromatic heterocycles. The Balaban J connectivity index is 3.65. The van der Waals surface area contributed by atoms with Gasteiger partial charge in [0.25, 0.3) is 0 Å². The number of ether oxygens (including phenoxy) is 1. The van der Waals surface area contributed by atoms with Crippen LogP contribution in [0.3, 0.4) is 0 Å². The van der Waals surface area contributed by atoms with E-state index >= 15 is 0 Å². The van der Waals surface area contributed by atoms with Gasteiger partial charge < -0.3 is 15.0 Å². The van der Waals surface area contributed by atoms with E-state index < -0.39 is 0 Å². The fourth-order valence-corrected chi connectivity index (χ4v) is 1.22. The van der Waals surface area contributed by atoms with Gasteiger partial charge in [0.15, 0.2) is 0 Å². The molecular formula is C9H22N2O. The molecule has 0 aromatic rings. The van der Waals surface area contributed by atoms with Gasteiger partial charge in [-0.25, -0.2) is 0 Å². The highest BCUT2D eigenvalue weighted by molar-refractivity contribution is 4.68. The first kappa shape index (κ1) is 11.9. The van der Waals surface area contributed by atoms with Gasteiger partial charge in [-0.05, 0) is 20.1 Å². The van der Waals surface area contributed by atoms with Crippen LogP contribution in [0.15, 0.2) is 0 Å². The fourth-order valence-electron chi connectivity index (χ4n) is 1.22. The maximum absolute atomic E-state index is 5.10. The van der Waals surface area contributed by atoms with Gasteiger partial charge >= 0.3 is 0 Å². The van der Waals surface area contributed by atoms with Crippen LogP contribution in [-0.4, -0.2) is 51.3 Å². The summed E-state index contributed by atoms with van der Waals surface area (Å²) in [6, 6.07) is 0.454. The first-order chi connectivity index (χ1) is 5.78. The molecule has 1 atom stereocenters. The number of nitrogens with one attached hydrogen (secondary N) is 1. The smallest absolute Gasteiger partial charge is 0.0628 e. The molecule has 0 aliphatic carbocycles. The largest absolute Gasteiger partial charge is 0.383 e. The molecule has 0 saturated carbocycles. The lowest BCUT2D eigenvalue weighted by atomic mass is 10.3. The van der Waals surface area contributed by atoms with E-state index in [1.165, 1.54) is 0 Å². The highest BCUT2D eigenvalue weighted by Gasteiger charge is 2.08. The highest BCUT2D eigenvalue weighted by Crippen LogP contribution is 1.92. The first-order valence-electron chi connectivity index (χ1n) is 4.66. The van der Waals surface area contributed by atoms with E-state index in [1.54, 1.807) is 7.11 Å². The van der Waals surface area contributed by atoms with Crippen LogP contribution in [0.1, 0.15) is 13.8 Å². The summed E-state index contributed by atoms with van der Waals surface area (Å²) in [6.45, 7) is 8.44. The van der Waals surface area contributed by atoms with E-state index in [4.69, 9.17) is 4.74 Å². The van der Waals surface area contributed by atoms with E-state index in [1.807, 2.05) is 7.05 Å². The summed E-state index contributed by atoms with van der Waals surface area (Å²) in [4.78, 5) is 2.39. The monoisotopic (exact) mass is 174 g/mol. The first-order valence-corrected chi connectivity index (χ1v) is 4.66. The summed E-state index contributed by atoms with van der Waals surface area (Å²) in [5.74, 6) is 0. The molecule has 0 fully saturated rings. The molecule has 0 aliphatic rings. The Labute approximate surface area is 76.1 Å². The molecule has 0 spiro atoms. The molecule has 0 aliphatic heterocycles. The number of methoxy groups -OCH3 is 1. The van der Waals surface area contributed by atoms with Gasteiger partial charge in [0.1, 0.15) is 0 Å². The highest BCUT2D eigenvalue weighted by atomic mass is 16.5. The van der Waals surface area contributed by atoms with Crippen LogP contribution in [0.2, 0.25) is 0 Å². The van der Waals surface area contributed by atoms with Crippen LogP contribution >= 0.6 is 0 Å². The second-order valence-corrected chi connectivity index (χ2v) is 2.93. The SMILES string of the molecule is CCN(CC)CC(COC)NC. The van der Waals surface area contributed by atoms with E-state index in [0.717, 1.165) is 26.2 Å². The Morgan fingerprint density at radius 1 is 1.33 bits per heavy atom. The topological polar surface area (TPSA) is 24.5 Å². The minimum Gasteiger partial charge on any atom is -0.383 e. The molecule has 74 valence electrons. The van der Waals surface area contributed by atoms with Gasteiger partial charge in [0.05, 0.1) is 6.61 Å². The minimum absolute atomic E-state index is 0.454. The number of rotatable bonds is 7. The Hall–Kier alpha value is -0.120. The maximum atomic E-state index is 5.10. The Bertz CT molecular complexity index is 94.5. The molecule has 0 radical (unpaired) electrons. The van der Waals surface area contributed by atoms with Crippen molar-refractivity contribution in [3.63, 3.8) is 0 Å². The van der Waals surface area contributed by atoms with Gasteiger partial charge in [-0.1, -0.05) is 13.8 Å². The summed E-state index contributed by atoms with van der Waals surface area (Å²) >= 11 is 0. The van der Waals surface area contributed by atoms with Crippen LogP contribution in [-0.2, 0) is 4.74 Å². The molecule has 3 heteroatoms. The zero-order valence-electron chi connectivity index (χ0n) is 8.76. The van der Waals surface area contributed by atoms with Crippen LogP contribution < -0.4 is 5.32 Å². The number of nitrogens with zero attached hydrogens (tertiary/aromatic N) is 1. The van der Waals surface area contributed by atoms with Crippen molar-refractivity contribution in [2.75, 3.05) is 40.4 Å². The summed E-state index contributed by atoms with van der Waals surface area (Å²) in [5, 5.41) is 3.24. The average Bonchev–Trinajstić information content (AvgIpc) is 2.12. The predicted octanol–water partition coefficient (Wildman–Crippen LogP) is 0.563. The Morgan fingerprint density at radius 3 is 2.25 bits per heavy atom. The standard InChI is InChI=1S/C9H22N2O/c1-5-11(6-2)7-9(10-3)8-12-4/h9-10H,5-8H2,1-4H3. The third kappa shape index (κ3) is 4.70. The van der Waals surface area contributed by atoms with Crippen molar-refractivity contribution in [1.82, 2.24) is 10.2 Å². The molecule has 3 nitrogen and oxygen atoms in total. The molecule has 0 saturated heterocycles. The van der Waals surface area contributed by atoms with E-state index in [9.17, 15) is 0 Å². The van der Waals surface area contributed by atoms with E-state index in [2.05, 4.69) is 24.1 Å². The molecular weight excluding hydrogens is 152 g/mol. The van der Waals surface area contributed by atoms with Crippen LogP contribution in [0.5, 0.6) is 0 Å². The van der Waals surface area contributed by atoms with Crippen LogP contribution in [0.4, 0.5) is 0 Å². The van der Waals surface area contributed by atoms with E-state index in [0.29, 0.717) is 6.04 Å². The lowest BCUT2D eigenvalue weighted by Crippen LogP contribution is -2.42. The molecule has 0 amide bonds. The maximum Gasteiger partial charge on any atom is 0.0628 e. The van der Waals surface area contributed by atoms with Gasteiger partial charge in [-0.2, -0.15) is 0 Å². The van der Waals surface area contributed by atoms with Crippen molar-refractivity contribution < 1.29 is 4.74 Å². The molecule has 0 aromatic carbocycles. The van der Waals surface area contributed by atoms with Crippen molar-refractivity contribution in [3.05, 3.63) is 0 Å². The van der Waals surface area contributed by atoms with Crippen molar-refractivity contribution in [2.24, 2.45) is 0 Å². The van der Waals surface area contributed by atoms with E-state index in [-0.39, 0.29) is 0 Å². The van der Waals surface area contributed by atoms with Crippen LogP contribution in [0, 0.1) is 0 Å². The minimum atomic E-state index is 0.454. The summed E-state index contributed by atoms with van der Waals surface area (Å²) < 4.78 is 5.10. The van der Waals surface area contributed by atoms with Crippen molar-refractivity contribution >= 4 is 0 Å². The predicted molar refractivity (Wildman–Crippen MR) is 52.5 cm³/mol. The summed E-state index contributed by atoms with van der Waals surface area (Å²) in [6.07, 6.45) is 0. The number of likely N-dealkylation sites (N-methyl/N-ethyl adjacent to an activating group) is 2. The normalized spacial score (nSPS) is 13.8. The summed E-state index contributed by atoms with van der Waals surface area (Å²) in [5.41, 5.74) is 0. The van der Waals surface area contributed by atoms with Crippen molar-refractivity contribution in [3.8, 4) is 0 Å². The van der Waals surface area contributed by atoms with Gasteiger partial charge in [0, 0.05) is 19.7 Å². The molecule has 1 N–H and O–H groups in total. The molecule has 0 heterocycles. The Morgan fingerprint density at radius 2 is 1.92 bits per heavy atom. The zero-order valence-corrected chi connectivity index (χ0v) is 8.76. The van der Waals surface area contributed by atoms with Crippen LogP contribution in [0.25, 0.3) is 0 Å². The quantitative estimate of drug-likeness (QED) is 0.610. The third-order valence-corrected chi connectivity index (χ3v) is 2.15. The molecule has 1 unspecified atom stereocenters. The molecule has 0 rings (SSSR count). The zero-order chi connectivity index (χ0) is 9.40. The number of hydrogen-bond acceptors (Lipinski definition) is 3. The third-order valence-electron chi connectivity index (χ3n) is 2.15. The second-order valence-electron chi connectivity index (χ2n) is 2.93. The molecule has 0 bridgehead atoms. The average molecular weight is 174 g/mol. The molecule has 12 heavy (non-hydrogen) atoms. The second kappa shape index (κ2) is 7.53. The number of hydrogen-bond donors (Lipinski definition) is 1. The van der Waals surface area contributed by atoms with Crippen molar-refractivity contribution in [1.29, 1.82) is 0 Å². The van der Waals surface area contributed by atoms with Crippen molar-refractivity contribution in [2.45, 2.75) is 19.9 Å². The van der Waals surface area contributed by atoms with Gasteiger partial charge in [0.2, 0.25) is 0 Å². The fraction of sp³-hybridized carbons (Fsp3) is 1.00. The lowest BCUT2D eigenvalue weighted by molar-refractivity contribution is 0.145. The summed E-state index contributed by atoms with van der Waals surface area (Å²) in [7, 11) is 3.72. The Kier molecular flexibility index (Phi) is 7.45. The lowest BCUT2D eigenvalue weighted by Gasteiger charge is -2.24.